The zero-order chi connectivity index (χ0) is 18.2. The molecular weight excluding hydrogens is 345 g/mol. The van der Waals surface area contributed by atoms with Gasteiger partial charge in [-0.25, -0.2) is 9.38 Å². The molecule has 0 heterocycles. The van der Waals surface area contributed by atoms with Crippen LogP contribution in [-0.4, -0.2) is 5.90 Å². The van der Waals surface area contributed by atoms with E-state index in [9.17, 15) is 4.39 Å². The van der Waals surface area contributed by atoms with Crippen molar-refractivity contribution in [3.63, 3.8) is 0 Å². The van der Waals surface area contributed by atoms with Crippen LogP contribution in [-0.2, 0) is 0 Å². The summed E-state index contributed by atoms with van der Waals surface area (Å²) in [6.07, 6.45) is 0. The SMILES string of the molecule is CC(=CSc1ccccc1)C(=Nc1ccccc1)Oc1ccc(F)cc1. The Morgan fingerprint density at radius 2 is 1.50 bits per heavy atom. The second-order valence-electron chi connectivity index (χ2n) is 5.54. The minimum Gasteiger partial charge on any atom is -0.439 e. The fourth-order valence-electron chi connectivity index (χ4n) is 2.13. The van der Waals surface area contributed by atoms with Crippen LogP contribution in [0.2, 0.25) is 0 Å². The molecule has 0 aliphatic rings. The second kappa shape index (κ2) is 9.02. The van der Waals surface area contributed by atoms with Crippen molar-refractivity contribution in [2.24, 2.45) is 4.99 Å². The number of para-hydroxylation sites is 1. The van der Waals surface area contributed by atoms with Crippen molar-refractivity contribution in [1.82, 2.24) is 0 Å². The van der Waals surface area contributed by atoms with E-state index in [4.69, 9.17) is 4.74 Å². The zero-order valence-electron chi connectivity index (χ0n) is 14.3. The normalized spacial score (nSPS) is 12.1. The van der Waals surface area contributed by atoms with E-state index in [1.807, 2.05) is 73.0 Å². The summed E-state index contributed by atoms with van der Waals surface area (Å²) in [5.74, 6) is 0.718. The third-order valence-corrected chi connectivity index (χ3v) is 4.48. The molecular formula is C22H18FNOS. The van der Waals surface area contributed by atoms with Gasteiger partial charge in [-0.15, -0.1) is 0 Å². The lowest BCUT2D eigenvalue weighted by molar-refractivity contribution is 0.546. The molecule has 0 bridgehead atoms. The van der Waals surface area contributed by atoms with Crippen LogP contribution < -0.4 is 4.74 Å². The van der Waals surface area contributed by atoms with Crippen molar-refractivity contribution in [3.8, 4) is 5.75 Å². The van der Waals surface area contributed by atoms with Gasteiger partial charge in [0.05, 0.1) is 5.69 Å². The number of rotatable bonds is 5. The van der Waals surface area contributed by atoms with Crippen LogP contribution in [0.5, 0.6) is 5.75 Å². The van der Waals surface area contributed by atoms with Gasteiger partial charge in [-0.3, -0.25) is 0 Å². The molecule has 0 amide bonds. The number of benzene rings is 3. The molecule has 0 aromatic heterocycles. The van der Waals surface area contributed by atoms with E-state index in [-0.39, 0.29) is 5.82 Å². The van der Waals surface area contributed by atoms with Gasteiger partial charge < -0.3 is 4.74 Å². The highest BCUT2D eigenvalue weighted by molar-refractivity contribution is 8.02. The molecule has 2 nitrogen and oxygen atoms in total. The first-order valence-corrected chi connectivity index (χ1v) is 9.05. The number of hydrogen-bond donors (Lipinski definition) is 0. The van der Waals surface area contributed by atoms with E-state index in [1.54, 1.807) is 23.9 Å². The number of halogens is 1. The second-order valence-corrected chi connectivity index (χ2v) is 6.48. The molecule has 0 saturated carbocycles. The first-order valence-electron chi connectivity index (χ1n) is 8.17. The van der Waals surface area contributed by atoms with Crippen molar-refractivity contribution >= 4 is 23.3 Å². The van der Waals surface area contributed by atoms with Crippen LogP contribution >= 0.6 is 11.8 Å². The molecule has 3 rings (SSSR count). The molecule has 130 valence electrons. The summed E-state index contributed by atoms with van der Waals surface area (Å²) in [5, 5.41) is 2.00. The maximum absolute atomic E-state index is 13.1. The fourth-order valence-corrected chi connectivity index (χ4v) is 2.86. The van der Waals surface area contributed by atoms with E-state index in [1.165, 1.54) is 12.1 Å². The Bertz CT molecular complexity index is 890. The minimum atomic E-state index is -0.300. The van der Waals surface area contributed by atoms with Crippen LogP contribution in [0, 0.1) is 5.82 Å². The third kappa shape index (κ3) is 5.33. The summed E-state index contributed by atoms with van der Waals surface area (Å²) in [4.78, 5) is 5.74. The van der Waals surface area contributed by atoms with Crippen molar-refractivity contribution in [2.45, 2.75) is 11.8 Å². The zero-order valence-corrected chi connectivity index (χ0v) is 15.1. The van der Waals surface area contributed by atoms with Gasteiger partial charge in [0.1, 0.15) is 11.6 Å². The summed E-state index contributed by atoms with van der Waals surface area (Å²) in [6.45, 7) is 1.95. The Kier molecular flexibility index (Phi) is 6.23. The first kappa shape index (κ1) is 18.0. The summed E-state index contributed by atoms with van der Waals surface area (Å²) < 4.78 is 19.1. The van der Waals surface area contributed by atoms with Gasteiger partial charge in [-0.1, -0.05) is 48.2 Å². The molecule has 3 aromatic rings. The first-order chi connectivity index (χ1) is 12.7. The van der Waals surface area contributed by atoms with E-state index >= 15 is 0 Å². The third-order valence-electron chi connectivity index (χ3n) is 3.47. The lowest BCUT2D eigenvalue weighted by Crippen LogP contribution is -2.09. The van der Waals surface area contributed by atoms with Crippen molar-refractivity contribution in [3.05, 3.63) is 102 Å². The molecule has 4 heteroatoms. The van der Waals surface area contributed by atoms with Gasteiger partial charge in [0.25, 0.3) is 0 Å². The van der Waals surface area contributed by atoms with E-state index in [2.05, 4.69) is 4.99 Å². The van der Waals surface area contributed by atoms with Gasteiger partial charge >= 0.3 is 0 Å². The van der Waals surface area contributed by atoms with Gasteiger partial charge in [0.15, 0.2) is 0 Å². The number of aliphatic imine (C=N–C) groups is 1. The highest BCUT2D eigenvalue weighted by Gasteiger charge is 2.07. The molecule has 0 aliphatic carbocycles. The fraction of sp³-hybridized carbons (Fsp3) is 0.0455. The predicted molar refractivity (Wildman–Crippen MR) is 107 cm³/mol. The standard InChI is InChI=1S/C22H18FNOS/c1-17(16-26-21-10-6-3-7-11-21)22(24-19-8-4-2-5-9-19)25-20-14-12-18(23)13-15-20/h2-16H,1H3. The van der Waals surface area contributed by atoms with Gasteiger partial charge in [0.2, 0.25) is 5.90 Å². The smallest absolute Gasteiger partial charge is 0.223 e. The lowest BCUT2D eigenvalue weighted by atomic mass is 10.3. The van der Waals surface area contributed by atoms with E-state index < -0.39 is 0 Å². The van der Waals surface area contributed by atoms with Crippen LogP contribution in [0.25, 0.3) is 0 Å². The summed E-state index contributed by atoms with van der Waals surface area (Å²) in [6, 6.07) is 25.6. The average Bonchev–Trinajstić information content (AvgIpc) is 2.69. The van der Waals surface area contributed by atoms with Crippen LogP contribution in [0.15, 0.2) is 106 Å². The summed E-state index contributed by atoms with van der Waals surface area (Å²) >= 11 is 1.60. The van der Waals surface area contributed by atoms with E-state index in [0.717, 1.165) is 16.2 Å². The Balaban J connectivity index is 1.86. The lowest BCUT2D eigenvalue weighted by Gasteiger charge is -2.10. The van der Waals surface area contributed by atoms with Gasteiger partial charge in [-0.2, -0.15) is 0 Å². The Morgan fingerprint density at radius 3 is 2.15 bits per heavy atom. The Hall–Kier alpha value is -2.85. The maximum atomic E-state index is 13.1. The molecule has 0 atom stereocenters. The quantitative estimate of drug-likeness (QED) is 0.288. The average molecular weight is 363 g/mol. The van der Waals surface area contributed by atoms with Crippen molar-refractivity contribution in [1.29, 1.82) is 0 Å². The van der Waals surface area contributed by atoms with Crippen LogP contribution in [0.3, 0.4) is 0 Å². The molecule has 0 N–H and O–H groups in total. The molecule has 3 aromatic carbocycles. The highest BCUT2D eigenvalue weighted by Crippen LogP contribution is 2.23. The predicted octanol–water partition coefficient (Wildman–Crippen LogP) is 6.63. The molecule has 0 radical (unpaired) electrons. The Labute approximate surface area is 157 Å². The topological polar surface area (TPSA) is 21.6 Å². The highest BCUT2D eigenvalue weighted by atomic mass is 32.2. The summed E-state index contributed by atoms with van der Waals surface area (Å²) in [5.41, 5.74) is 1.68. The van der Waals surface area contributed by atoms with Crippen LogP contribution in [0.1, 0.15) is 6.92 Å². The van der Waals surface area contributed by atoms with Crippen LogP contribution in [0.4, 0.5) is 10.1 Å². The van der Waals surface area contributed by atoms with Crippen molar-refractivity contribution in [2.75, 3.05) is 0 Å². The number of ether oxygens (including phenoxy) is 1. The van der Waals surface area contributed by atoms with E-state index in [0.29, 0.717) is 11.6 Å². The summed E-state index contributed by atoms with van der Waals surface area (Å²) in [7, 11) is 0. The molecule has 0 aliphatic heterocycles. The molecule has 0 unspecified atom stereocenters. The number of thioether (sulfide) groups is 1. The molecule has 0 fully saturated rings. The molecule has 0 spiro atoms. The Morgan fingerprint density at radius 1 is 0.885 bits per heavy atom. The van der Waals surface area contributed by atoms with Gasteiger partial charge in [0, 0.05) is 10.5 Å². The number of hydrogen-bond acceptors (Lipinski definition) is 3. The van der Waals surface area contributed by atoms with Crippen molar-refractivity contribution < 1.29 is 9.13 Å². The number of nitrogens with zero attached hydrogens (tertiary/aromatic N) is 1. The monoisotopic (exact) mass is 363 g/mol. The van der Waals surface area contributed by atoms with Gasteiger partial charge in [-0.05, 0) is 60.9 Å². The molecule has 26 heavy (non-hydrogen) atoms. The largest absolute Gasteiger partial charge is 0.439 e. The maximum Gasteiger partial charge on any atom is 0.223 e. The minimum absolute atomic E-state index is 0.300. The molecule has 0 saturated heterocycles.